The molecule has 11 aromatic carbocycles. The maximum absolute atomic E-state index is 12.7. The summed E-state index contributed by atoms with van der Waals surface area (Å²) in [6.45, 7) is 0. The van der Waals surface area contributed by atoms with E-state index in [-0.39, 0.29) is 59.7 Å². The number of rotatable bonds is 16. The topological polar surface area (TPSA) is 285 Å². The molecule has 0 spiro atoms. The van der Waals surface area contributed by atoms with Crippen molar-refractivity contribution < 1.29 is 46.1 Å². The van der Waals surface area contributed by atoms with Gasteiger partial charge in [0.1, 0.15) is 69.5 Å². The average Bonchev–Trinajstić information content (AvgIpc) is 1.72. The van der Waals surface area contributed by atoms with E-state index in [1.807, 2.05) is 257 Å². The second-order valence-electron chi connectivity index (χ2n) is 29.7. The molecule has 1 saturated carbocycles. The molecule has 0 bridgehead atoms. The molecule has 24 heteroatoms. The molecule has 2 unspecified atom stereocenters. The monoisotopic (exact) mass is 1760 g/mol. The highest BCUT2D eigenvalue weighted by molar-refractivity contribution is 7.17. The minimum atomic E-state index is -0.449. The normalized spacial score (nSPS) is 12.7. The maximum atomic E-state index is 12.7. The van der Waals surface area contributed by atoms with Crippen LogP contribution in [0.5, 0.6) is 0 Å². The number of hydrogen-bond acceptors (Lipinski definition) is 20. The average molecular weight is 1760 g/mol. The van der Waals surface area contributed by atoms with E-state index >= 15 is 0 Å². The first-order valence-corrected chi connectivity index (χ1v) is 44.7. The number of fused-ring (bicyclic) bond motifs is 15. The fourth-order valence-electron chi connectivity index (χ4n) is 15.3. The van der Waals surface area contributed by atoms with Crippen LogP contribution in [0.1, 0.15) is 61.0 Å². The van der Waals surface area contributed by atoms with E-state index in [0.717, 1.165) is 87.4 Å². The van der Waals surface area contributed by atoms with Crippen molar-refractivity contribution in [3.63, 3.8) is 0 Å². The van der Waals surface area contributed by atoms with Gasteiger partial charge in [0.2, 0.25) is 17.7 Å². The number of aryl methyl sites for hydroxylation is 1. The van der Waals surface area contributed by atoms with Crippen LogP contribution in [0.2, 0.25) is 0 Å². The summed E-state index contributed by atoms with van der Waals surface area (Å²) in [5, 5.41) is 33.9. The Kier molecular flexibility index (Phi) is 24.2. The lowest BCUT2D eigenvalue weighted by atomic mass is 10.0. The highest BCUT2D eigenvalue weighted by Gasteiger charge is 2.44. The Labute approximate surface area is 740 Å². The number of nitrogens with one attached hydrogen (secondary N) is 4. The lowest BCUT2D eigenvalue weighted by molar-refractivity contribution is -0.117. The first-order valence-electron chi connectivity index (χ1n) is 40.3. The molecule has 10 aromatic heterocycles. The Morgan fingerprint density at radius 3 is 1.08 bits per heavy atom. The van der Waals surface area contributed by atoms with E-state index in [1.54, 1.807) is 54.6 Å². The van der Waals surface area contributed by atoms with Crippen LogP contribution < -0.4 is 49.4 Å². The molecule has 4 amide bonds. The fourth-order valence-corrected chi connectivity index (χ4v) is 20.1. The van der Waals surface area contributed by atoms with E-state index < -0.39 is 22.5 Å². The number of thiophene rings is 5. The number of anilines is 4. The zero-order valence-corrected chi connectivity index (χ0v) is 71.1. The van der Waals surface area contributed by atoms with Gasteiger partial charge in [-0.2, -0.15) is 0 Å². The van der Waals surface area contributed by atoms with E-state index in [2.05, 4.69) is 33.4 Å². The predicted octanol–water partition coefficient (Wildman–Crippen LogP) is 23.9. The molecule has 1 aliphatic carbocycles. The summed E-state index contributed by atoms with van der Waals surface area (Å²) in [6.07, 6.45) is 2.34. The van der Waals surface area contributed by atoms with Gasteiger partial charge in [0.25, 0.3) is 5.91 Å². The minimum Gasteiger partial charge on any atom is -0.422 e. The molecule has 127 heavy (non-hydrogen) atoms. The lowest BCUT2D eigenvalue weighted by Crippen LogP contribution is -2.15. The van der Waals surface area contributed by atoms with Crippen molar-refractivity contribution in [1.29, 1.82) is 0 Å². The summed E-state index contributed by atoms with van der Waals surface area (Å²) < 4.78 is 27.0. The molecule has 21 aromatic rings. The van der Waals surface area contributed by atoms with Crippen LogP contribution in [0.15, 0.2) is 370 Å². The SMILES string of the molecule is O=C(CCc1ccccc1)Nc1scc2c1c(=O)oc1ccccc12.O=C(Cc1ccccc1)Nc1scc2c1c(=O)oc1ccccc12.O=C(Cc1scc2c1c(=O)oc1ccccc12)c1ccccc1.O=C(Nc1scc2c1c(=O)oc1ccccc12)C1CC1c1ccccc1.O=C(Nc1scc2c1c(=O)oc1ccccc12)c1ccc(-c2ccccc2)cc1. The summed E-state index contributed by atoms with van der Waals surface area (Å²) in [5.41, 5.74) is 7.22. The number of carbonyl (C=O) groups excluding carboxylic acids is 5. The van der Waals surface area contributed by atoms with Gasteiger partial charge in [0.05, 0.1) is 11.8 Å². The number of carbonyl (C=O) groups is 5. The molecule has 1 fully saturated rings. The molecule has 0 radical (unpaired) electrons. The number of para-hydroxylation sites is 5. The van der Waals surface area contributed by atoms with Crippen molar-refractivity contribution in [2.75, 3.05) is 21.3 Å². The van der Waals surface area contributed by atoms with Crippen molar-refractivity contribution in [1.82, 2.24) is 0 Å². The number of benzene rings is 11. The third kappa shape index (κ3) is 18.0. The van der Waals surface area contributed by atoms with Crippen LogP contribution in [0.3, 0.4) is 0 Å². The van der Waals surface area contributed by atoms with Crippen LogP contribution in [0.4, 0.5) is 20.0 Å². The summed E-state index contributed by atoms with van der Waals surface area (Å²) in [5.74, 6) is -0.336. The zero-order valence-electron chi connectivity index (χ0n) is 67.0. The summed E-state index contributed by atoms with van der Waals surface area (Å²) in [6, 6.07) is 93.0. The number of hydrogen-bond donors (Lipinski definition) is 4. The van der Waals surface area contributed by atoms with Gasteiger partial charge < -0.3 is 43.4 Å². The molecule has 10 heterocycles. The van der Waals surface area contributed by atoms with Gasteiger partial charge in [-0.1, -0.05) is 255 Å². The Balaban J connectivity index is 0.000000108. The van der Waals surface area contributed by atoms with Crippen molar-refractivity contribution >= 4 is 215 Å². The van der Waals surface area contributed by atoms with Gasteiger partial charge in [0.15, 0.2) is 5.78 Å². The van der Waals surface area contributed by atoms with Gasteiger partial charge in [-0.05, 0) is 94.4 Å². The highest BCUT2D eigenvalue weighted by Crippen LogP contribution is 2.49. The van der Waals surface area contributed by atoms with E-state index in [1.165, 1.54) is 62.2 Å². The fraction of sp³-hybridized carbons (Fsp3) is 0.0680. The van der Waals surface area contributed by atoms with E-state index in [9.17, 15) is 47.9 Å². The van der Waals surface area contributed by atoms with Crippen LogP contribution in [0, 0.1) is 5.92 Å². The van der Waals surface area contributed by atoms with E-state index in [0.29, 0.717) is 98.8 Å². The summed E-state index contributed by atoms with van der Waals surface area (Å²) in [4.78, 5) is 125. The first kappa shape index (κ1) is 82.8. The predicted molar refractivity (Wildman–Crippen MR) is 512 cm³/mol. The quantitative estimate of drug-likeness (QED) is 0.0517. The van der Waals surface area contributed by atoms with Gasteiger partial charge in [-0.15, -0.1) is 56.7 Å². The molecule has 4 N–H and O–H groups in total. The molecular weight excluding hydrogens is 1690 g/mol. The smallest absolute Gasteiger partial charge is 0.347 e. The van der Waals surface area contributed by atoms with Crippen molar-refractivity contribution in [3.05, 3.63) is 409 Å². The van der Waals surface area contributed by atoms with Crippen molar-refractivity contribution in [2.24, 2.45) is 5.92 Å². The zero-order chi connectivity index (χ0) is 87.0. The van der Waals surface area contributed by atoms with Crippen molar-refractivity contribution in [3.8, 4) is 11.1 Å². The molecule has 622 valence electrons. The number of amides is 4. The third-order valence-corrected chi connectivity index (χ3v) is 26.2. The van der Waals surface area contributed by atoms with Gasteiger partial charge in [0, 0.05) is 110 Å². The second kappa shape index (κ2) is 37.1. The first-order chi connectivity index (χ1) is 62.1. The molecule has 1 aliphatic rings. The van der Waals surface area contributed by atoms with E-state index in [4.69, 9.17) is 22.1 Å². The van der Waals surface area contributed by atoms with Crippen molar-refractivity contribution in [2.45, 2.75) is 38.0 Å². The lowest BCUT2D eigenvalue weighted by Gasteiger charge is -2.06. The third-order valence-electron chi connectivity index (χ3n) is 21.6. The molecule has 2 atom stereocenters. The number of Topliss-reactive ketones (excluding diaryl/α,β-unsaturated/α-hetero) is 1. The Bertz CT molecular complexity index is 8080. The minimum absolute atomic E-state index is 0.00177. The van der Waals surface area contributed by atoms with Gasteiger partial charge in [-0.3, -0.25) is 24.0 Å². The van der Waals surface area contributed by atoms with Gasteiger partial charge >= 0.3 is 28.1 Å². The molecule has 0 aliphatic heterocycles. The molecule has 0 saturated heterocycles. The Morgan fingerprint density at radius 2 is 0.638 bits per heavy atom. The van der Waals surface area contributed by atoms with Crippen LogP contribution in [-0.2, 0) is 33.6 Å². The molecule has 19 nitrogen and oxygen atoms in total. The second-order valence-corrected chi connectivity index (χ2v) is 34.2. The van der Waals surface area contributed by atoms with Crippen LogP contribution in [0.25, 0.3) is 120 Å². The Morgan fingerprint density at radius 1 is 0.299 bits per heavy atom. The van der Waals surface area contributed by atoms with Crippen LogP contribution in [-0.4, -0.2) is 29.4 Å². The molecular formula is C103H70N4O15S5. The summed E-state index contributed by atoms with van der Waals surface area (Å²) >= 11 is 6.82. The Hall–Kier alpha value is -15.2. The number of ketones is 1. The summed E-state index contributed by atoms with van der Waals surface area (Å²) in [7, 11) is 0. The maximum Gasteiger partial charge on any atom is 0.347 e. The van der Waals surface area contributed by atoms with Crippen LogP contribution >= 0.6 is 56.7 Å². The standard InChI is InChI=1S/C24H15NO3S.C21H15NO3S.C20H15NO3S.C19H13NO3S.C19H12O3S/c26-22(17-12-10-16(11-13-17)15-6-2-1-3-7-15)25-23-21-19(14-29-23)18-8-4-5-9-20(18)28-24(21)27;23-19(15-10-14(15)12-6-2-1-3-7-12)22-20-18-16(11-26-20)13-8-4-5-9-17(13)25-21(18)24;22-17(11-10-13-6-2-1-3-7-13)21-19-18-15(12-25-19)14-8-4-5-9-16(14)24-20(18)23;21-16(10-12-6-2-1-3-7-12)20-18-17-14(11-24-18)13-8-4-5-9-15(13)23-19(17)22;20-15(12-6-2-1-3-7-12)10-17-18-14(11-23-17)13-8-4-5-9-16(13)22-19(18)21/h1-14H,(H,25,26);1-9,11,14-15H,10H2,(H,22,23);1-9,12H,10-11H2,(H,21,22);1-9,11H,10H2,(H,20,21);1-9,11H,10H2. The molecule has 22 rings (SSSR count). The highest BCUT2D eigenvalue weighted by atomic mass is 32.1. The van der Waals surface area contributed by atoms with Gasteiger partial charge in [-0.25, -0.2) is 24.0 Å². The largest absolute Gasteiger partial charge is 0.422 e.